The summed E-state index contributed by atoms with van der Waals surface area (Å²) in [4.78, 5) is 10.6. The molecule has 0 aromatic heterocycles. The van der Waals surface area contributed by atoms with E-state index in [0.717, 1.165) is 0 Å². The van der Waals surface area contributed by atoms with Crippen LogP contribution in [0.4, 0.5) is 0 Å². The van der Waals surface area contributed by atoms with Gasteiger partial charge in [0.1, 0.15) is 6.07 Å². The average Bonchev–Trinajstić information content (AvgIpc) is 2.17. The van der Waals surface area contributed by atoms with Crippen molar-refractivity contribution in [1.29, 1.82) is 5.26 Å². The van der Waals surface area contributed by atoms with Crippen LogP contribution in [-0.2, 0) is 17.1 Å². The van der Waals surface area contributed by atoms with Crippen molar-refractivity contribution < 1.29 is 9.90 Å². The molecule has 0 aliphatic heterocycles. The molecule has 15 heavy (non-hydrogen) atoms. The number of alkyl halides is 1. The van der Waals surface area contributed by atoms with Gasteiger partial charge in [0.15, 0.2) is 0 Å². The number of nitrogens with zero attached hydrogens (tertiary/aromatic N) is 1. The van der Waals surface area contributed by atoms with Crippen molar-refractivity contribution in [2.45, 2.75) is 12.3 Å². The lowest BCUT2D eigenvalue weighted by Crippen LogP contribution is -2.03. The first kappa shape index (κ1) is 12.0. The molecule has 5 heteroatoms. The molecule has 1 aromatic carbocycles. The zero-order chi connectivity index (χ0) is 11.4. The number of carboxylic acids is 1. The lowest BCUT2D eigenvalue weighted by molar-refractivity contribution is -0.136. The molecular weight excluding hydrogens is 281 g/mol. The second kappa shape index (κ2) is 5.15. The van der Waals surface area contributed by atoms with Crippen LogP contribution in [0.2, 0.25) is 0 Å². The third kappa shape index (κ3) is 2.95. The summed E-state index contributed by atoms with van der Waals surface area (Å²) >= 11 is 8.88. The van der Waals surface area contributed by atoms with Crippen LogP contribution in [0.5, 0.6) is 0 Å². The first-order chi connectivity index (χ1) is 7.08. The number of halogens is 2. The molecule has 0 aliphatic rings. The van der Waals surface area contributed by atoms with E-state index in [9.17, 15) is 4.79 Å². The minimum Gasteiger partial charge on any atom is -0.481 e. The highest BCUT2D eigenvalue weighted by Crippen LogP contribution is 2.23. The molecule has 1 rings (SSSR count). The minimum absolute atomic E-state index is 0.0909. The van der Waals surface area contributed by atoms with E-state index in [4.69, 9.17) is 22.0 Å². The van der Waals surface area contributed by atoms with Gasteiger partial charge in [-0.15, -0.1) is 11.6 Å². The topological polar surface area (TPSA) is 61.1 Å². The van der Waals surface area contributed by atoms with Crippen LogP contribution in [0.3, 0.4) is 0 Å². The lowest BCUT2D eigenvalue weighted by atomic mass is 10.0. The third-order valence-electron chi connectivity index (χ3n) is 1.90. The zero-order valence-electron chi connectivity index (χ0n) is 7.63. The van der Waals surface area contributed by atoms with Gasteiger partial charge >= 0.3 is 5.97 Å². The van der Waals surface area contributed by atoms with E-state index in [1.54, 1.807) is 12.1 Å². The van der Waals surface area contributed by atoms with Gasteiger partial charge in [-0.05, 0) is 39.2 Å². The minimum atomic E-state index is -0.919. The number of carboxylic acid groups (broad SMARTS) is 1. The van der Waals surface area contributed by atoms with E-state index >= 15 is 0 Å². The number of aliphatic carboxylic acids is 1. The fraction of sp³-hybridized carbons (Fsp3) is 0.200. The van der Waals surface area contributed by atoms with Gasteiger partial charge in [-0.1, -0.05) is 0 Å². The number of benzene rings is 1. The average molecular weight is 289 g/mol. The maximum Gasteiger partial charge on any atom is 0.307 e. The first-order valence-electron chi connectivity index (χ1n) is 4.07. The maximum atomic E-state index is 10.6. The Kier molecular flexibility index (Phi) is 4.13. The molecule has 1 N–H and O–H groups in total. The van der Waals surface area contributed by atoms with Gasteiger partial charge in [-0.2, -0.15) is 5.26 Å². The van der Waals surface area contributed by atoms with Crippen LogP contribution in [0.25, 0.3) is 0 Å². The summed E-state index contributed by atoms with van der Waals surface area (Å²) in [5, 5.41) is 17.5. The van der Waals surface area contributed by atoms with E-state index in [-0.39, 0.29) is 12.3 Å². The summed E-state index contributed by atoms with van der Waals surface area (Å²) in [7, 11) is 0. The second-order valence-electron chi connectivity index (χ2n) is 2.92. The van der Waals surface area contributed by atoms with Gasteiger partial charge in [-0.25, -0.2) is 0 Å². The molecular formula is C10H7BrClNO2. The number of nitriles is 1. The summed E-state index contributed by atoms with van der Waals surface area (Å²) in [5.74, 6) is -0.720. The molecule has 1 aromatic rings. The number of hydrogen-bond acceptors (Lipinski definition) is 2. The highest BCUT2D eigenvalue weighted by Gasteiger charge is 2.10. The highest BCUT2D eigenvalue weighted by atomic mass is 79.9. The smallest absolute Gasteiger partial charge is 0.307 e. The molecule has 0 amide bonds. The van der Waals surface area contributed by atoms with Crippen molar-refractivity contribution >= 4 is 33.5 Å². The van der Waals surface area contributed by atoms with Crippen molar-refractivity contribution in [3.8, 4) is 6.07 Å². The van der Waals surface area contributed by atoms with Crippen molar-refractivity contribution in [3.05, 3.63) is 33.3 Å². The predicted octanol–water partition coefficient (Wildman–Crippen LogP) is 2.69. The van der Waals surface area contributed by atoms with Crippen molar-refractivity contribution in [3.63, 3.8) is 0 Å². The Morgan fingerprint density at radius 1 is 1.53 bits per heavy atom. The third-order valence-corrected chi connectivity index (χ3v) is 2.84. The van der Waals surface area contributed by atoms with E-state index < -0.39 is 5.97 Å². The maximum absolute atomic E-state index is 10.6. The SMILES string of the molecule is N#Cc1cc(CCl)c(CC(=O)O)cc1Br. The van der Waals surface area contributed by atoms with Crippen LogP contribution in [-0.4, -0.2) is 11.1 Å². The Morgan fingerprint density at radius 2 is 2.20 bits per heavy atom. The monoisotopic (exact) mass is 287 g/mol. The van der Waals surface area contributed by atoms with Crippen LogP contribution in [0.15, 0.2) is 16.6 Å². The molecule has 0 atom stereocenters. The summed E-state index contributed by atoms with van der Waals surface area (Å²) in [5.41, 5.74) is 1.77. The first-order valence-corrected chi connectivity index (χ1v) is 5.40. The van der Waals surface area contributed by atoms with Crippen LogP contribution in [0.1, 0.15) is 16.7 Å². The lowest BCUT2D eigenvalue weighted by Gasteiger charge is -2.06. The van der Waals surface area contributed by atoms with Gasteiger partial charge in [0, 0.05) is 10.4 Å². The Labute approximate surface area is 100 Å². The molecule has 3 nitrogen and oxygen atoms in total. The van der Waals surface area contributed by atoms with E-state index in [0.29, 0.717) is 21.2 Å². The number of carbonyl (C=O) groups is 1. The molecule has 0 saturated carbocycles. The van der Waals surface area contributed by atoms with Crippen LogP contribution < -0.4 is 0 Å². The van der Waals surface area contributed by atoms with Gasteiger partial charge in [0.05, 0.1) is 12.0 Å². The fourth-order valence-electron chi connectivity index (χ4n) is 1.20. The van der Waals surface area contributed by atoms with Crippen molar-refractivity contribution in [2.75, 3.05) is 0 Å². The second-order valence-corrected chi connectivity index (χ2v) is 4.04. The van der Waals surface area contributed by atoms with E-state index in [2.05, 4.69) is 15.9 Å². The molecule has 0 saturated heterocycles. The van der Waals surface area contributed by atoms with Gasteiger partial charge < -0.3 is 5.11 Å². The number of rotatable bonds is 3. The fourth-order valence-corrected chi connectivity index (χ4v) is 1.93. The predicted molar refractivity (Wildman–Crippen MR) is 59.8 cm³/mol. The van der Waals surface area contributed by atoms with Crippen molar-refractivity contribution in [2.24, 2.45) is 0 Å². The highest BCUT2D eigenvalue weighted by molar-refractivity contribution is 9.10. The Balaban J connectivity index is 3.22. The largest absolute Gasteiger partial charge is 0.481 e. The Bertz CT molecular complexity index is 440. The summed E-state index contributed by atoms with van der Waals surface area (Å²) in [6.07, 6.45) is -0.0909. The van der Waals surface area contributed by atoms with E-state index in [1.165, 1.54) is 0 Å². The van der Waals surface area contributed by atoms with Gasteiger partial charge in [0.25, 0.3) is 0 Å². The van der Waals surface area contributed by atoms with Crippen LogP contribution >= 0.6 is 27.5 Å². The number of hydrogen-bond donors (Lipinski definition) is 1. The summed E-state index contributed by atoms with van der Waals surface area (Å²) in [6, 6.07) is 5.23. The molecule has 0 radical (unpaired) electrons. The molecule has 0 spiro atoms. The summed E-state index contributed by atoms with van der Waals surface area (Å²) in [6.45, 7) is 0. The summed E-state index contributed by atoms with van der Waals surface area (Å²) < 4.78 is 0.593. The molecule has 0 fully saturated rings. The van der Waals surface area contributed by atoms with E-state index in [1.807, 2.05) is 6.07 Å². The molecule has 0 heterocycles. The Morgan fingerprint density at radius 3 is 2.67 bits per heavy atom. The van der Waals surface area contributed by atoms with Gasteiger partial charge in [0.2, 0.25) is 0 Å². The standard InChI is InChI=1S/C10H7BrClNO2/c11-9-2-6(3-10(14)15)7(4-12)1-8(9)5-13/h1-2H,3-4H2,(H,14,15). The normalized spacial score (nSPS) is 9.67. The quantitative estimate of drug-likeness (QED) is 0.870. The molecule has 78 valence electrons. The Hall–Kier alpha value is -1.05. The molecule has 0 aliphatic carbocycles. The van der Waals surface area contributed by atoms with Gasteiger partial charge in [-0.3, -0.25) is 4.79 Å². The van der Waals surface area contributed by atoms with Crippen LogP contribution in [0, 0.1) is 11.3 Å². The zero-order valence-corrected chi connectivity index (χ0v) is 9.97. The molecule has 0 unspecified atom stereocenters. The van der Waals surface area contributed by atoms with Crippen molar-refractivity contribution in [1.82, 2.24) is 0 Å². The molecule has 0 bridgehead atoms.